The second-order valence-electron chi connectivity index (χ2n) is 25.8. The molecule has 0 N–H and O–H groups in total. The number of rotatable bonds is 11. The van der Waals surface area contributed by atoms with Crippen LogP contribution >= 0.6 is 0 Å². The third kappa shape index (κ3) is 9.95. The molecule has 6 aromatic heterocycles. The Hall–Kier alpha value is -14.0. The van der Waals surface area contributed by atoms with Crippen LogP contribution in [0.2, 0.25) is 0 Å². The van der Waals surface area contributed by atoms with Crippen molar-refractivity contribution in [3.8, 4) is 114 Å². The van der Waals surface area contributed by atoms with Crippen LogP contribution in [-0.2, 0) is 0 Å². The Bertz CT molecular complexity index is 6440. The second kappa shape index (κ2) is 23.9. The third-order valence-corrected chi connectivity index (χ3v) is 19.8. The van der Waals surface area contributed by atoms with Gasteiger partial charge < -0.3 is 0 Å². The largest absolute Gasteiger partial charge is 0.294 e. The zero-order valence-corrected chi connectivity index (χ0v) is 54.8. The number of fused-ring (bicyclic) bond motifs is 10. The molecule has 102 heavy (non-hydrogen) atoms. The molecule has 0 atom stereocenters. The summed E-state index contributed by atoms with van der Waals surface area (Å²) < 4.78 is 4.48. The standard InChI is InChI=1S/C92H56N10/c1-2-26-60(27-3-1)77-53-78(94-91(93-77)92-99-87(101-83-45-14-10-37-73(83)74-38-11-15-46-84(74)101)56-88(100-92)102-85-47-16-12-39-75(85)76-40-13-17-48-86(76)102)64-33-18-31-61(52-64)62-49-50-68-63(51-62)32-22-44-72(68)82-55-81(71-43-21-30-59-25-6-9-36-67(59)71)97-90(98-82)89-95-79(69-41-19-28-57-23-4-7-34-65(57)69)54-80(96-89)70-42-20-29-58-24-5-8-35-66(58)70/h1-56H. The summed E-state index contributed by atoms with van der Waals surface area (Å²) in [7, 11) is 0. The summed E-state index contributed by atoms with van der Waals surface area (Å²) in [5.74, 6) is 3.01. The molecule has 10 heteroatoms. The van der Waals surface area contributed by atoms with E-state index >= 15 is 0 Å². The molecule has 0 aliphatic carbocycles. The third-order valence-electron chi connectivity index (χ3n) is 19.8. The molecule has 6 heterocycles. The number of hydrogen-bond donors (Lipinski definition) is 0. The smallest absolute Gasteiger partial charge is 0.201 e. The fraction of sp³-hybridized carbons (Fsp3) is 0. The molecule has 0 fully saturated rings. The molecule has 474 valence electrons. The molecule has 20 aromatic rings. The first kappa shape index (κ1) is 58.2. The van der Waals surface area contributed by atoms with Gasteiger partial charge in [0.1, 0.15) is 11.6 Å². The topological polar surface area (TPSA) is 113 Å². The van der Waals surface area contributed by atoms with Crippen molar-refractivity contribution in [3.05, 3.63) is 340 Å². The van der Waals surface area contributed by atoms with E-state index in [0.717, 1.165) is 165 Å². The van der Waals surface area contributed by atoms with E-state index in [1.165, 1.54) is 0 Å². The van der Waals surface area contributed by atoms with Crippen LogP contribution in [0.4, 0.5) is 0 Å². The van der Waals surface area contributed by atoms with E-state index in [4.69, 9.17) is 39.9 Å². The molecule has 0 spiro atoms. The minimum atomic E-state index is 0.388. The number of benzene rings is 14. The summed E-state index contributed by atoms with van der Waals surface area (Å²) in [5.41, 5.74) is 16.5. The van der Waals surface area contributed by atoms with Crippen LogP contribution in [0.15, 0.2) is 340 Å². The average molecular weight is 1300 g/mol. The molecule has 20 rings (SSSR count). The van der Waals surface area contributed by atoms with Gasteiger partial charge >= 0.3 is 0 Å². The Morgan fingerprint density at radius 1 is 0.167 bits per heavy atom. The fourth-order valence-corrected chi connectivity index (χ4v) is 15.1. The van der Waals surface area contributed by atoms with Crippen molar-refractivity contribution in [1.82, 2.24) is 49.0 Å². The van der Waals surface area contributed by atoms with Crippen molar-refractivity contribution in [2.45, 2.75) is 0 Å². The molecule has 0 unspecified atom stereocenters. The highest BCUT2D eigenvalue weighted by molar-refractivity contribution is 6.11. The van der Waals surface area contributed by atoms with Crippen LogP contribution in [-0.4, -0.2) is 49.0 Å². The lowest BCUT2D eigenvalue weighted by atomic mass is 9.95. The lowest BCUT2D eigenvalue weighted by Crippen LogP contribution is -2.08. The first-order chi connectivity index (χ1) is 50.5. The van der Waals surface area contributed by atoms with Gasteiger partial charge in [-0.1, -0.05) is 279 Å². The van der Waals surface area contributed by atoms with Crippen molar-refractivity contribution in [2.75, 3.05) is 0 Å². The second-order valence-corrected chi connectivity index (χ2v) is 25.8. The van der Waals surface area contributed by atoms with Gasteiger partial charge in [0.2, 0.25) is 5.82 Å². The van der Waals surface area contributed by atoms with Crippen molar-refractivity contribution in [2.24, 2.45) is 0 Å². The summed E-state index contributed by atoms with van der Waals surface area (Å²) in [6.07, 6.45) is 0. The fourth-order valence-electron chi connectivity index (χ4n) is 15.1. The highest BCUT2D eigenvalue weighted by Gasteiger charge is 2.24. The van der Waals surface area contributed by atoms with Crippen molar-refractivity contribution in [1.29, 1.82) is 0 Å². The van der Waals surface area contributed by atoms with E-state index in [1.54, 1.807) is 0 Å². The van der Waals surface area contributed by atoms with Gasteiger partial charge in [0.25, 0.3) is 0 Å². The molecule has 0 aliphatic rings. The normalized spacial score (nSPS) is 11.7. The van der Waals surface area contributed by atoms with Crippen molar-refractivity contribution >= 4 is 86.7 Å². The molecule has 0 radical (unpaired) electrons. The maximum absolute atomic E-state index is 5.53. The van der Waals surface area contributed by atoms with Gasteiger partial charge in [0, 0.05) is 61.0 Å². The summed E-state index contributed by atoms with van der Waals surface area (Å²) in [6, 6.07) is 119. The van der Waals surface area contributed by atoms with Crippen molar-refractivity contribution in [3.63, 3.8) is 0 Å². The summed E-state index contributed by atoms with van der Waals surface area (Å²) in [6.45, 7) is 0. The number of aromatic nitrogens is 10. The lowest BCUT2D eigenvalue weighted by Gasteiger charge is -2.15. The Morgan fingerprint density at radius 3 is 0.902 bits per heavy atom. The van der Waals surface area contributed by atoms with E-state index in [9.17, 15) is 0 Å². The first-order valence-electron chi connectivity index (χ1n) is 34.2. The molecule has 0 amide bonds. The lowest BCUT2D eigenvalue weighted by molar-refractivity contribution is 0.975. The van der Waals surface area contributed by atoms with Crippen LogP contribution in [0, 0.1) is 0 Å². The van der Waals surface area contributed by atoms with E-state index < -0.39 is 0 Å². The van der Waals surface area contributed by atoms with E-state index in [1.807, 2.05) is 18.2 Å². The predicted molar refractivity (Wildman–Crippen MR) is 416 cm³/mol. The zero-order valence-electron chi connectivity index (χ0n) is 54.8. The Kier molecular flexibility index (Phi) is 13.7. The van der Waals surface area contributed by atoms with Gasteiger partial charge in [-0.05, 0) is 109 Å². The number of hydrogen-bond acceptors (Lipinski definition) is 8. The number of nitrogens with zero attached hydrogens (tertiary/aromatic N) is 10. The molecule has 10 nitrogen and oxygen atoms in total. The number of para-hydroxylation sites is 4. The maximum Gasteiger partial charge on any atom is 0.201 e. The predicted octanol–water partition coefficient (Wildman–Crippen LogP) is 22.7. The SMILES string of the molecule is c1ccc(-c2cc(-c3cccc(-c4ccc5c(-c6cc(-c7cccc8ccccc78)nc(-c7nc(-c8cccc9ccccc89)cc(-c8cccc9ccccc89)n7)n6)cccc5c4)c3)nc(-c3nc(-n4c5ccccc5c5ccccc54)cc(-n4c5ccccc5c5ccccc54)n3)n2)cc1. The Labute approximate surface area is 585 Å². The zero-order chi connectivity index (χ0) is 67.2. The maximum atomic E-state index is 5.53. The Balaban J connectivity index is 0.733. The van der Waals surface area contributed by atoms with E-state index in [0.29, 0.717) is 34.9 Å². The highest BCUT2D eigenvalue weighted by Crippen LogP contribution is 2.41. The average Bonchev–Trinajstić information content (AvgIpc) is 1.46. The monoisotopic (exact) mass is 1300 g/mol. The molecule has 0 saturated heterocycles. The van der Waals surface area contributed by atoms with Crippen LogP contribution in [0.1, 0.15) is 0 Å². The quantitative estimate of drug-likeness (QED) is 0.126. The van der Waals surface area contributed by atoms with Gasteiger partial charge in [-0.25, -0.2) is 39.9 Å². The van der Waals surface area contributed by atoms with Crippen LogP contribution < -0.4 is 0 Å². The van der Waals surface area contributed by atoms with E-state index in [-0.39, 0.29) is 0 Å². The molecule has 14 aromatic carbocycles. The molecule has 0 bridgehead atoms. The molecule has 0 saturated carbocycles. The molecular weight excluding hydrogens is 1250 g/mol. The van der Waals surface area contributed by atoms with Crippen LogP contribution in [0.25, 0.3) is 200 Å². The van der Waals surface area contributed by atoms with Crippen LogP contribution in [0.3, 0.4) is 0 Å². The van der Waals surface area contributed by atoms with Crippen molar-refractivity contribution < 1.29 is 0 Å². The highest BCUT2D eigenvalue weighted by atomic mass is 15.2. The Morgan fingerprint density at radius 2 is 0.461 bits per heavy atom. The molecule has 0 aliphatic heterocycles. The van der Waals surface area contributed by atoms with Gasteiger partial charge in [-0.15, -0.1) is 0 Å². The molecular formula is C92H56N10. The summed E-state index contributed by atoms with van der Waals surface area (Å²) in [4.78, 5) is 43.8. The van der Waals surface area contributed by atoms with Crippen LogP contribution in [0.5, 0.6) is 0 Å². The summed E-state index contributed by atoms with van der Waals surface area (Å²) >= 11 is 0. The van der Waals surface area contributed by atoms with Gasteiger partial charge in [-0.3, -0.25) is 9.13 Å². The van der Waals surface area contributed by atoms with Gasteiger partial charge in [0.15, 0.2) is 17.5 Å². The van der Waals surface area contributed by atoms with E-state index in [2.05, 4.69) is 331 Å². The minimum Gasteiger partial charge on any atom is -0.294 e. The minimum absolute atomic E-state index is 0.388. The first-order valence-corrected chi connectivity index (χ1v) is 34.2. The van der Waals surface area contributed by atoms with Gasteiger partial charge in [0.05, 0.1) is 56.2 Å². The van der Waals surface area contributed by atoms with Gasteiger partial charge in [-0.2, -0.15) is 0 Å². The summed E-state index contributed by atoms with van der Waals surface area (Å²) in [5, 5.41) is 13.2.